The lowest BCUT2D eigenvalue weighted by Gasteiger charge is -2.19. The summed E-state index contributed by atoms with van der Waals surface area (Å²) in [7, 11) is 1.56. The quantitative estimate of drug-likeness (QED) is 0.522. The highest BCUT2D eigenvalue weighted by molar-refractivity contribution is 5.94. The molecular formula is C20H23FN2O5. The van der Waals surface area contributed by atoms with E-state index >= 15 is 0 Å². The third-order valence-electron chi connectivity index (χ3n) is 4.87. The molecule has 0 saturated carbocycles. The lowest BCUT2D eigenvalue weighted by atomic mass is 9.97. The van der Waals surface area contributed by atoms with Gasteiger partial charge in [-0.15, -0.1) is 0 Å². The maximum atomic E-state index is 14.0. The Morgan fingerprint density at radius 1 is 1.29 bits per heavy atom. The maximum absolute atomic E-state index is 14.0. The molecule has 1 aliphatic rings. The Hall–Kier alpha value is -2.74. The first-order valence-corrected chi connectivity index (χ1v) is 9.16. The van der Waals surface area contributed by atoms with Crippen molar-refractivity contribution in [3.05, 3.63) is 30.0 Å². The predicted octanol–water partition coefficient (Wildman–Crippen LogP) is 2.31. The van der Waals surface area contributed by atoms with Crippen molar-refractivity contribution < 1.29 is 28.2 Å². The second kappa shape index (κ2) is 8.97. The van der Waals surface area contributed by atoms with Crippen LogP contribution in [0.1, 0.15) is 23.7 Å². The largest absolute Gasteiger partial charge is 0.490 e. The Morgan fingerprint density at radius 3 is 2.82 bits per heavy atom. The minimum atomic E-state index is -1.52. The van der Waals surface area contributed by atoms with E-state index in [4.69, 9.17) is 14.2 Å². The molecule has 1 fully saturated rings. The molecule has 1 saturated heterocycles. The normalized spacial score (nSPS) is 21.5. The van der Waals surface area contributed by atoms with Crippen LogP contribution in [0.25, 0.3) is 10.8 Å². The number of ether oxygens (including phenoxy) is 3. The highest BCUT2D eigenvalue weighted by atomic mass is 19.1. The number of nitrogens with zero attached hydrogens (tertiary/aromatic N) is 1. The number of methoxy groups -OCH3 is 1. The van der Waals surface area contributed by atoms with Gasteiger partial charge in [0.1, 0.15) is 19.0 Å². The Labute approximate surface area is 162 Å². The molecule has 2 heterocycles. The SMILES string of the molecule is CCC1C(COc2nccc3cc(C=O)c(OCCOC)cc23)NC(=O)C1F. The summed E-state index contributed by atoms with van der Waals surface area (Å²) in [6.07, 6.45) is 1.30. The molecule has 0 radical (unpaired) electrons. The van der Waals surface area contributed by atoms with E-state index in [1.54, 1.807) is 31.5 Å². The fourth-order valence-electron chi connectivity index (χ4n) is 3.35. The summed E-state index contributed by atoms with van der Waals surface area (Å²) in [4.78, 5) is 27.2. The van der Waals surface area contributed by atoms with Crippen LogP contribution >= 0.6 is 0 Å². The van der Waals surface area contributed by atoms with Crippen LogP contribution in [0.2, 0.25) is 0 Å². The number of amides is 1. The van der Waals surface area contributed by atoms with Crippen LogP contribution in [-0.2, 0) is 9.53 Å². The van der Waals surface area contributed by atoms with Gasteiger partial charge < -0.3 is 19.5 Å². The standard InChI is InChI=1S/C20H23FN2O5/c1-3-14-16(23-19(25)18(14)21)11-28-20-15-9-17(27-7-6-26-2)13(10-24)8-12(15)4-5-22-20/h4-5,8-10,14,16,18H,3,6-7,11H2,1-2H3,(H,23,25). The van der Waals surface area contributed by atoms with Gasteiger partial charge in [-0.25, -0.2) is 9.37 Å². The van der Waals surface area contributed by atoms with Crippen molar-refractivity contribution in [3.63, 3.8) is 0 Å². The first-order chi connectivity index (χ1) is 13.6. The smallest absolute Gasteiger partial charge is 0.255 e. The highest BCUT2D eigenvalue weighted by Gasteiger charge is 2.41. The van der Waals surface area contributed by atoms with Crippen molar-refractivity contribution >= 4 is 23.0 Å². The van der Waals surface area contributed by atoms with Gasteiger partial charge in [-0.2, -0.15) is 0 Å². The van der Waals surface area contributed by atoms with Crippen LogP contribution in [0.5, 0.6) is 11.6 Å². The first kappa shape index (κ1) is 20.0. The molecule has 1 amide bonds. The number of hydrogen-bond acceptors (Lipinski definition) is 6. The highest BCUT2D eigenvalue weighted by Crippen LogP contribution is 2.31. The number of aromatic nitrogens is 1. The number of nitrogens with one attached hydrogen (secondary N) is 1. The zero-order valence-electron chi connectivity index (χ0n) is 15.8. The summed E-state index contributed by atoms with van der Waals surface area (Å²) in [6.45, 7) is 2.62. The molecule has 2 aromatic rings. The number of hydrogen-bond donors (Lipinski definition) is 1. The fraction of sp³-hybridized carbons (Fsp3) is 0.450. The zero-order chi connectivity index (χ0) is 20.1. The summed E-state index contributed by atoms with van der Waals surface area (Å²) in [5, 5.41) is 4.06. The Balaban J connectivity index is 1.83. The van der Waals surface area contributed by atoms with E-state index in [2.05, 4.69) is 10.3 Å². The van der Waals surface area contributed by atoms with Gasteiger partial charge in [0.2, 0.25) is 5.88 Å². The zero-order valence-corrected chi connectivity index (χ0v) is 15.8. The van der Waals surface area contributed by atoms with Crippen molar-refractivity contribution in [2.45, 2.75) is 25.6 Å². The van der Waals surface area contributed by atoms with Crippen LogP contribution in [0.4, 0.5) is 4.39 Å². The van der Waals surface area contributed by atoms with Crippen LogP contribution < -0.4 is 14.8 Å². The monoisotopic (exact) mass is 390 g/mol. The number of alkyl halides is 1. The van der Waals surface area contributed by atoms with Crippen molar-refractivity contribution in [3.8, 4) is 11.6 Å². The molecule has 28 heavy (non-hydrogen) atoms. The maximum Gasteiger partial charge on any atom is 0.255 e. The molecule has 0 bridgehead atoms. The van der Waals surface area contributed by atoms with Gasteiger partial charge in [0.05, 0.1) is 18.2 Å². The molecule has 3 unspecified atom stereocenters. The van der Waals surface area contributed by atoms with Crippen LogP contribution in [0.3, 0.4) is 0 Å². The second-order valence-corrected chi connectivity index (χ2v) is 6.59. The van der Waals surface area contributed by atoms with Gasteiger partial charge in [0, 0.05) is 24.6 Å². The van der Waals surface area contributed by atoms with E-state index in [-0.39, 0.29) is 6.61 Å². The lowest BCUT2D eigenvalue weighted by Crippen LogP contribution is -2.34. The molecule has 1 aromatic heterocycles. The molecule has 1 aliphatic heterocycles. The van der Waals surface area contributed by atoms with E-state index in [9.17, 15) is 14.0 Å². The molecule has 0 aliphatic carbocycles. The number of carbonyl (C=O) groups excluding carboxylic acids is 2. The summed E-state index contributed by atoms with van der Waals surface area (Å²) in [5.41, 5.74) is 0.412. The van der Waals surface area contributed by atoms with Crippen LogP contribution in [0.15, 0.2) is 24.4 Å². The van der Waals surface area contributed by atoms with Crippen LogP contribution in [-0.4, -0.2) is 56.3 Å². The minimum Gasteiger partial charge on any atom is -0.490 e. The van der Waals surface area contributed by atoms with Crippen molar-refractivity contribution in [1.29, 1.82) is 0 Å². The van der Waals surface area contributed by atoms with E-state index in [1.165, 1.54) is 0 Å². The third kappa shape index (κ3) is 4.06. The summed E-state index contributed by atoms with van der Waals surface area (Å²) in [5.74, 6) is -0.298. The van der Waals surface area contributed by atoms with Gasteiger partial charge in [0.25, 0.3) is 5.91 Å². The number of fused-ring (bicyclic) bond motifs is 1. The Morgan fingerprint density at radius 2 is 2.11 bits per heavy atom. The second-order valence-electron chi connectivity index (χ2n) is 6.59. The van der Waals surface area contributed by atoms with Gasteiger partial charge in [0.15, 0.2) is 12.5 Å². The lowest BCUT2D eigenvalue weighted by molar-refractivity contribution is -0.123. The van der Waals surface area contributed by atoms with Gasteiger partial charge >= 0.3 is 0 Å². The van der Waals surface area contributed by atoms with Gasteiger partial charge in [-0.1, -0.05) is 6.92 Å². The Bertz CT molecular complexity index is 860. The average Bonchev–Trinajstić information content (AvgIpc) is 2.98. The summed E-state index contributed by atoms with van der Waals surface area (Å²) < 4.78 is 30.4. The number of carbonyl (C=O) groups is 2. The van der Waals surface area contributed by atoms with Crippen molar-refractivity contribution in [2.24, 2.45) is 5.92 Å². The fourth-order valence-corrected chi connectivity index (χ4v) is 3.35. The molecule has 3 atom stereocenters. The van der Waals surface area contributed by atoms with E-state index in [1.807, 2.05) is 6.92 Å². The minimum absolute atomic E-state index is 0.103. The average molecular weight is 390 g/mol. The molecule has 1 aromatic carbocycles. The molecule has 0 spiro atoms. The van der Waals surface area contributed by atoms with Crippen molar-refractivity contribution in [2.75, 3.05) is 26.9 Å². The van der Waals surface area contributed by atoms with Gasteiger partial charge in [-0.05, 0) is 30.0 Å². The number of halogens is 1. The van der Waals surface area contributed by atoms with E-state index in [0.717, 1.165) is 11.7 Å². The molecule has 3 rings (SSSR count). The molecule has 8 heteroatoms. The summed E-state index contributed by atoms with van der Waals surface area (Å²) >= 11 is 0. The van der Waals surface area contributed by atoms with Gasteiger partial charge in [-0.3, -0.25) is 9.59 Å². The molecule has 7 nitrogen and oxygen atoms in total. The van der Waals surface area contributed by atoms with Crippen molar-refractivity contribution in [1.82, 2.24) is 10.3 Å². The Kier molecular flexibility index (Phi) is 6.41. The van der Waals surface area contributed by atoms with E-state index < -0.39 is 24.0 Å². The topological polar surface area (TPSA) is 86.8 Å². The summed E-state index contributed by atoms with van der Waals surface area (Å²) in [6, 6.07) is 4.73. The van der Waals surface area contributed by atoms with Crippen LogP contribution in [0, 0.1) is 5.92 Å². The first-order valence-electron chi connectivity index (χ1n) is 9.16. The number of pyridine rings is 1. The molecule has 1 N–H and O–H groups in total. The predicted molar refractivity (Wildman–Crippen MR) is 101 cm³/mol. The molecule has 150 valence electrons. The van der Waals surface area contributed by atoms with E-state index in [0.29, 0.717) is 42.2 Å². The number of aldehydes is 1. The number of benzene rings is 1. The third-order valence-corrected chi connectivity index (χ3v) is 4.87. The number of rotatable bonds is 9. The molecular weight excluding hydrogens is 367 g/mol.